The maximum atomic E-state index is 10.3. The predicted molar refractivity (Wildman–Crippen MR) is 50.3 cm³/mol. The van der Waals surface area contributed by atoms with Gasteiger partial charge in [0.05, 0.1) is 10.6 Å². The molecule has 0 aliphatic carbocycles. The number of primary amides is 1. The third kappa shape index (κ3) is 2.62. The molecule has 1 amide bonds. The van der Waals surface area contributed by atoms with Crippen LogP contribution in [0, 0.1) is 11.8 Å². The van der Waals surface area contributed by atoms with Gasteiger partial charge in [0, 0.05) is 12.1 Å². The van der Waals surface area contributed by atoms with Crippen LogP contribution in [0.1, 0.15) is 5.56 Å². The van der Waals surface area contributed by atoms with E-state index in [1.165, 1.54) is 12.3 Å². The highest BCUT2D eigenvalue weighted by Gasteiger charge is 2.02. The molecule has 1 aromatic heterocycles. The van der Waals surface area contributed by atoms with Crippen molar-refractivity contribution in [3.63, 3.8) is 0 Å². The van der Waals surface area contributed by atoms with Crippen molar-refractivity contribution in [1.82, 2.24) is 4.98 Å². The van der Waals surface area contributed by atoms with E-state index < -0.39 is 5.91 Å². The van der Waals surface area contributed by atoms with Gasteiger partial charge in [0.1, 0.15) is 5.15 Å². The van der Waals surface area contributed by atoms with Crippen molar-refractivity contribution in [2.24, 2.45) is 5.73 Å². The Balaban J connectivity index is 3.16. The van der Waals surface area contributed by atoms with E-state index in [0.717, 1.165) is 0 Å². The van der Waals surface area contributed by atoms with E-state index in [9.17, 15) is 4.79 Å². The highest BCUT2D eigenvalue weighted by molar-refractivity contribution is 6.35. The number of nitrogens with two attached hydrogens (primary N) is 1. The molecular weight excluding hydrogens is 211 g/mol. The molecule has 13 heavy (non-hydrogen) atoms. The summed E-state index contributed by atoms with van der Waals surface area (Å²) < 4.78 is 0. The molecule has 1 heterocycles. The van der Waals surface area contributed by atoms with Crippen molar-refractivity contribution in [2.75, 3.05) is 0 Å². The number of halogens is 2. The number of hydrogen-bond donors (Lipinski definition) is 1. The first-order valence-corrected chi connectivity index (χ1v) is 3.98. The standard InChI is InChI=1S/C8H4Cl2N2O/c9-6-3-4-12-8(10)5(6)1-2-7(11)13/h3-4H,(H2,11,13). The first-order chi connectivity index (χ1) is 6.11. The fourth-order valence-corrected chi connectivity index (χ4v) is 1.10. The molecule has 0 atom stereocenters. The highest BCUT2D eigenvalue weighted by Crippen LogP contribution is 2.20. The smallest absolute Gasteiger partial charge is 0.293 e. The van der Waals surface area contributed by atoms with Crippen LogP contribution in [-0.2, 0) is 4.79 Å². The number of hydrogen-bond acceptors (Lipinski definition) is 2. The van der Waals surface area contributed by atoms with Crippen molar-refractivity contribution in [1.29, 1.82) is 0 Å². The van der Waals surface area contributed by atoms with Crippen molar-refractivity contribution < 1.29 is 4.79 Å². The zero-order chi connectivity index (χ0) is 9.84. The van der Waals surface area contributed by atoms with Crippen LogP contribution < -0.4 is 5.73 Å². The molecule has 0 saturated carbocycles. The lowest BCUT2D eigenvalue weighted by Crippen LogP contribution is -2.06. The summed E-state index contributed by atoms with van der Waals surface area (Å²) in [6.45, 7) is 0. The van der Waals surface area contributed by atoms with Crippen molar-refractivity contribution in [2.45, 2.75) is 0 Å². The molecule has 2 N–H and O–H groups in total. The van der Waals surface area contributed by atoms with Gasteiger partial charge in [-0.25, -0.2) is 4.98 Å². The van der Waals surface area contributed by atoms with E-state index >= 15 is 0 Å². The lowest BCUT2D eigenvalue weighted by atomic mass is 10.3. The van der Waals surface area contributed by atoms with Crippen LogP contribution in [-0.4, -0.2) is 10.9 Å². The predicted octanol–water partition coefficient (Wildman–Crippen LogP) is 1.23. The summed E-state index contributed by atoms with van der Waals surface area (Å²) in [6, 6.07) is 1.53. The monoisotopic (exact) mass is 214 g/mol. The second kappa shape index (κ2) is 4.13. The Labute approximate surface area is 84.9 Å². The van der Waals surface area contributed by atoms with E-state index in [2.05, 4.69) is 16.8 Å². The molecule has 1 rings (SSSR count). The van der Waals surface area contributed by atoms with Crippen LogP contribution in [0.5, 0.6) is 0 Å². The van der Waals surface area contributed by atoms with Gasteiger partial charge in [-0.1, -0.05) is 29.1 Å². The molecule has 0 spiro atoms. The van der Waals surface area contributed by atoms with Crippen LogP contribution in [0.2, 0.25) is 10.2 Å². The number of rotatable bonds is 0. The normalized spacial score (nSPS) is 8.77. The Morgan fingerprint density at radius 3 is 2.77 bits per heavy atom. The van der Waals surface area contributed by atoms with Crippen LogP contribution >= 0.6 is 23.2 Å². The van der Waals surface area contributed by atoms with Gasteiger partial charge in [-0.15, -0.1) is 0 Å². The highest BCUT2D eigenvalue weighted by atomic mass is 35.5. The first kappa shape index (κ1) is 9.85. The average Bonchev–Trinajstić information content (AvgIpc) is 2.03. The van der Waals surface area contributed by atoms with Crippen LogP contribution in [0.3, 0.4) is 0 Å². The van der Waals surface area contributed by atoms with E-state index in [1.807, 2.05) is 0 Å². The van der Waals surface area contributed by atoms with E-state index in [1.54, 1.807) is 0 Å². The number of nitrogens with zero attached hydrogens (tertiary/aromatic N) is 1. The van der Waals surface area contributed by atoms with Gasteiger partial charge in [-0.2, -0.15) is 0 Å². The van der Waals surface area contributed by atoms with Crippen molar-refractivity contribution >= 4 is 29.1 Å². The minimum absolute atomic E-state index is 0.154. The maximum absolute atomic E-state index is 10.3. The zero-order valence-corrected chi connectivity index (χ0v) is 7.86. The van der Waals surface area contributed by atoms with Crippen LogP contribution in [0.25, 0.3) is 0 Å². The lowest BCUT2D eigenvalue weighted by Gasteiger charge is -1.95. The fourth-order valence-electron chi connectivity index (χ4n) is 0.650. The second-order valence-electron chi connectivity index (χ2n) is 2.07. The summed E-state index contributed by atoms with van der Waals surface area (Å²) in [5.41, 5.74) is 5.13. The summed E-state index contributed by atoms with van der Waals surface area (Å²) in [7, 11) is 0. The number of aromatic nitrogens is 1. The number of pyridine rings is 1. The number of carbonyl (C=O) groups is 1. The Hall–Kier alpha value is -1.24. The van der Waals surface area contributed by atoms with Crippen molar-refractivity contribution in [3.05, 3.63) is 28.0 Å². The fraction of sp³-hybridized carbons (Fsp3) is 0. The van der Waals surface area contributed by atoms with Gasteiger partial charge in [0.2, 0.25) is 0 Å². The Morgan fingerprint density at radius 2 is 2.23 bits per heavy atom. The summed E-state index contributed by atoms with van der Waals surface area (Å²) in [6.07, 6.45) is 1.44. The van der Waals surface area contributed by atoms with Gasteiger partial charge < -0.3 is 5.73 Å². The summed E-state index contributed by atoms with van der Waals surface area (Å²) >= 11 is 11.4. The molecular formula is C8H4Cl2N2O. The maximum Gasteiger partial charge on any atom is 0.293 e. The van der Waals surface area contributed by atoms with Crippen molar-refractivity contribution in [3.8, 4) is 11.8 Å². The number of carbonyl (C=O) groups excluding carboxylic acids is 1. The topological polar surface area (TPSA) is 56.0 Å². The molecule has 5 heteroatoms. The van der Waals surface area contributed by atoms with Crippen LogP contribution in [0.4, 0.5) is 0 Å². The summed E-state index contributed by atoms with van der Waals surface area (Å²) in [5.74, 6) is 3.81. The van der Waals surface area contributed by atoms with Crippen LogP contribution in [0.15, 0.2) is 12.3 Å². The lowest BCUT2D eigenvalue weighted by molar-refractivity contribution is -0.112. The first-order valence-electron chi connectivity index (χ1n) is 3.22. The molecule has 0 aliphatic rings. The van der Waals surface area contributed by atoms with E-state index in [0.29, 0.717) is 10.6 Å². The Bertz CT molecular complexity index is 386. The zero-order valence-electron chi connectivity index (χ0n) is 6.34. The van der Waals surface area contributed by atoms with E-state index in [4.69, 9.17) is 28.9 Å². The molecule has 66 valence electrons. The summed E-state index contributed by atoms with van der Waals surface area (Å²) in [4.78, 5) is 14.1. The number of amides is 1. The average molecular weight is 215 g/mol. The molecule has 0 unspecified atom stereocenters. The minimum atomic E-state index is -0.740. The quantitative estimate of drug-likeness (QED) is 0.522. The van der Waals surface area contributed by atoms with Gasteiger partial charge in [0.15, 0.2) is 0 Å². The molecule has 3 nitrogen and oxygen atoms in total. The second-order valence-corrected chi connectivity index (χ2v) is 2.84. The molecule has 0 fully saturated rings. The van der Waals surface area contributed by atoms with E-state index in [-0.39, 0.29) is 5.15 Å². The van der Waals surface area contributed by atoms with Gasteiger partial charge in [-0.05, 0) is 6.07 Å². The molecule has 1 aromatic rings. The molecule has 0 aliphatic heterocycles. The van der Waals surface area contributed by atoms with Gasteiger partial charge >= 0.3 is 0 Å². The Kier molecular flexibility index (Phi) is 3.13. The minimum Gasteiger partial charge on any atom is -0.359 e. The molecule has 0 saturated heterocycles. The SMILES string of the molecule is NC(=O)C#Cc1c(Cl)ccnc1Cl. The molecule has 0 aromatic carbocycles. The summed E-state index contributed by atoms with van der Waals surface area (Å²) in [5, 5.41) is 0.495. The third-order valence-corrected chi connectivity index (χ3v) is 1.77. The van der Waals surface area contributed by atoms with Gasteiger partial charge in [0.25, 0.3) is 5.91 Å². The largest absolute Gasteiger partial charge is 0.359 e. The van der Waals surface area contributed by atoms with Gasteiger partial charge in [-0.3, -0.25) is 4.79 Å². The molecule has 0 radical (unpaired) electrons. The molecule has 0 bridgehead atoms. The Morgan fingerprint density at radius 1 is 1.54 bits per heavy atom. The third-order valence-electron chi connectivity index (χ3n) is 1.16.